The van der Waals surface area contributed by atoms with Gasteiger partial charge in [-0.3, -0.25) is 0 Å². The number of amidine groups is 1. The third-order valence-corrected chi connectivity index (χ3v) is 5.37. The highest BCUT2D eigenvalue weighted by Gasteiger charge is 2.33. The monoisotopic (exact) mass is 381 g/mol. The Morgan fingerprint density at radius 1 is 1.03 bits per heavy atom. The third kappa shape index (κ3) is 3.59. The maximum absolute atomic E-state index is 4.79. The molecule has 2 unspecified atom stereocenters. The standard InChI is InChI=1S/C24H23N5/c1-2-10-22(11-3-1)29-24(28-15-7-6-12-23(28)27-29)18-26-25-17-19-13-14-20-8-4-5-9-21(20)16-19/h1-15,17,19,24,26H,16,18H2/b25-17+. The predicted octanol–water partition coefficient (Wildman–Crippen LogP) is 3.99. The maximum Gasteiger partial charge on any atom is 0.154 e. The van der Waals surface area contributed by atoms with Crippen LogP contribution in [0.4, 0.5) is 5.69 Å². The minimum absolute atomic E-state index is 0.0355. The van der Waals surface area contributed by atoms with Gasteiger partial charge in [-0.05, 0) is 41.8 Å². The van der Waals surface area contributed by atoms with E-state index >= 15 is 0 Å². The number of anilines is 1. The topological polar surface area (TPSA) is 43.2 Å². The van der Waals surface area contributed by atoms with Gasteiger partial charge in [-0.15, -0.1) is 0 Å². The Balaban J connectivity index is 1.25. The number of benzene rings is 2. The third-order valence-electron chi connectivity index (χ3n) is 5.37. The first-order chi connectivity index (χ1) is 14.4. The van der Waals surface area contributed by atoms with Crippen LogP contribution < -0.4 is 10.4 Å². The highest BCUT2D eigenvalue weighted by Crippen LogP contribution is 2.26. The number of rotatable bonds is 5. The zero-order valence-corrected chi connectivity index (χ0v) is 16.1. The Hall–Kier alpha value is -3.60. The lowest BCUT2D eigenvalue weighted by Gasteiger charge is -2.29. The Morgan fingerprint density at radius 2 is 1.90 bits per heavy atom. The van der Waals surface area contributed by atoms with Crippen LogP contribution in [0.3, 0.4) is 0 Å². The molecule has 0 saturated carbocycles. The van der Waals surface area contributed by atoms with Crippen molar-refractivity contribution >= 4 is 23.8 Å². The molecule has 3 aliphatic rings. The maximum atomic E-state index is 4.79. The van der Waals surface area contributed by atoms with Gasteiger partial charge in [0, 0.05) is 18.3 Å². The van der Waals surface area contributed by atoms with Gasteiger partial charge in [-0.25, -0.2) is 5.01 Å². The summed E-state index contributed by atoms with van der Waals surface area (Å²) in [7, 11) is 0. The van der Waals surface area contributed by atoms with Crippen molar-refractivity contribution in [2.24, 2.45) is 16.1 Å². The molecule has 1 aliphatic carbocycles. The summed E-state index contributed by atoms with van der Waals surface area (Å²) < 4.78 is 0. The summed E-state index contributed by atoms with van der Waals surface area (Å²) in [5.41, 5.74) is 7.01. The molecule has 0 fully saturated rings. The van der Waals surface area contributed by atoms with Crippen molar-refractivity contribution in [3.63, 3.8) is 0 Å². The van der Waals surface area contributed by atoms with Crippen molar-refractivity contribution in [2.75, 3.05) is 11.6 Å². The molecular formula is C24H23N5. The van der Waals surface area contributed by atoms with E-state index in [4.69, 9.17) is 5.10 Å². The zero-order chi connectivity index (χ0) is 19.5. The van der Waals surface area contributed by atoms with Crippen LogP contribution in [0.5, 0.6) is 0 Å². The van der Waals surface area contributed by atoms with Gasteiger partial charge >= 0.3 is 0 Å². The van der Waals surface area contributed by atoms with Crippen molar-refractivity contribution in [1.29, 1.82) is 0 Å². The SMILES string of the molecule is C1=CC2=NN(c3ccccc3)C(CN/N=C/C3C=Cc4ccccc4C3)N2C=C1. The Bertz CT molecular complexity index is 1020. The molecule has 5 nitrogen and oxygen atoms in total. The Labute approximate surface area is 171 Å². The molecule has 2 atom stereocenters. The van der Waals surface area contributed by atoms with E-state index in [-0.39, 0.29) is 6.17 Å². The summed E-state index contributed by atoms with van der Waals surface area (Å²) in [4.78, 5) is 2.17. The molecule has 0 saturated heterocycles. The fourth-order valence-electron chi connectivity index (χ4n) is 3.89. The number of nitrogens with zero attached hydrogens (tertiary/aromatic N) is 4. The Morgan fingerprint density at radius 3 is 2.83 bits per heavy atom. The predicted molar refractivity (Wildman–Crippen MR) is 119 cm³/mol. The van der Waals surface area contributed by atoms with E-state index in [0.717, 1.165) is 17.9 Å². The van der Waals surface area contributed by atoms with E-state index in [9.17, 15) is 0 Å². The first-order valence-electron chi connectivity index (χ1n) is 9.97. The lowest BCUT2D eigenvalue weighted by atomic mass is 9.90. The summed E-state index contributed by atoms with van der Waals surface area (Å²) >= 11 is 0. The molecule has 2 heterocycles. The molecule has 29 heavy (non-hydrogen) atoms. The molecule has 0 aromatic heterocycles. The second-order valence-corrected chi connectivity index (χ2v) is 7.29. The van der Waals surface area contributed by atoms with Gasteiger partial charge in [-0.1, -0.05) is 60.7 Å². The van der Waals surface area contributed by atoms with Gasteiger partial charge in [0.2, 0.25) is 0 Å². The first-order valence-corrected chi connectivity index (χ1v) is 9.97. The van der Waals surface area contributed by atoms with Crippen molar-refractivity contribution in [1.82, 2.24) is 10.3 Å². The second-order valence-electron chi connectivity index (χ2n) is 7.29. The van der Waals surface area contributed by atoms with E-state index in [2.05, 4.69) is 75.2 Å². The molecule has 5 heteroatoms. The second kappa shape index (κ2) is 7.80. The van der Waals surface area contributed by atoms with Gasteiger partial charge in [0.1, 0.15) is 6.17 Å². The molecule has 5 rings (SSSR count). The average Bonchev–Trinajstić information content (AvgIpc) is 3.16. The van der Waals surface area contributed by atoms with E-state index in [1.165, 1.54) is 11.1 Å². The van der Waals surface area contributed by atoms with Gasteiger partial charge in [0.05, 0.1) is 12.2 Å². The van der Waals surface area contributed by atoms with Crippen LogP contribution >= 0.6 is 0 Å². The first kappa shape index (κ1) is 17.5. The van der Waals surface area contributed by atoms with Crippen molar-refractivity contribution in [2.45, 2.75) is 12.6 Å². The number of hydrogen-bond donors (Lipinski definition) is 1. The minimum atomic E-state index is 0.0355. The summed E-state index contributed by atoms with van der Waals surface area (Å²) in [5, 5.41) is 11.4. The number of allylic oxidation sites excluding steroid dienone is 3. The van der Waals surface area contributed by atoms with E-state index in [1.54, 1.807) is 0 Å². The summed E-state index contributed by atoms with van der Waals surface area (Å²) in [5.74, 6) is 1.26. The highest BCUT2D eigenvalue weighted by atomic mass is 15.6. The van der Waals surface area contributed by atoms with Crippen LogP contribution in [-0.2, 0) is 6.42 Å². The smallest absolute Gasteiger partial charge is 0.154 e. The molecule has 2 aliphatic heterocycles. The van der Waals surface area contributed by atoms with Gasteiger partial charge in [-0.2, -0.15) is 10.2 Å². The molecule has 144 valence electrons. The number of hydrogen-bond acceptors (Lipinski definition) is 5. The number of fused-ring (bicyclic) bond motifs is 2. The molecule has 0 bridgehead atoms. The zero-order valence-electron chi connectivity index (χ0n) is 16.1. The van der Waals surface area contributed by atoms with Crippen molar-refractivity contribution in [3.8, 4) is 0 Å². The molecule has 2 aromatic rings. The van der Waals surface area contributed by atoms with Crippen LogP contribution in [0.2, 0.25) is 0 Å². The quantitative estimate of drug-likeness (QED) is 0.629. The van der Waals surface area contributed by atoms with E-state index < -0.39 is 0 Å². The average molecular weight is 381 g/mol. The summed E-state index contributed by atoms with van der Waals surface area (Å²) in [6.07, 6.45) is 15.6. The van der Waals surface area contributed by atoms with Gasteiger partial charge in [0.15, 0.2) is 5.84 Å². The molecule has 0 spiro atoms. The Kier molecular flexibility index (Phi) is 4.70. The van der Waals surface area contributed by atoms with Crippen LogP contribution in [-0.4, -0.2) is 29.7 Å². The summed E-state index contributed by atoms with van der Waals surface area (Å²) in [6.45, 7) is 0.656. The van der Waals surface area contributed by atoms with Crippen LogP contribution in [0, 0.1) is 5.92 Å². The molecule has 2 aromatic carbocycles. The number of nitrogens with one attached hydrogen (secondary N) is 1. The molecular weight excluding hydrogens is 358 g/mol. The largest absolute Gasteiger partial charge is 0.307 e. The van der Waals surface area contributed by atoms with Crippen LogP contribution in [0.25, 0.3) is 6.08 Å². The normalized spacial score (nSPS) is 22.0. The van der Waals surface area contributed by atoms with Crippen LogP contribution in [0.1, 0.15) is 11.1 Å². The molecule has 1 N–H and O–H groups in total. The molecule has 0 radical (unpaired) electrons. The van der Waals surface area contributed by atoms with Crippen molar-refractivity contribution in [3.05, 3.63) is 96.2 Å². The number of para-hydroxylation sites is 1. The molecule has 0 amide bonds. The number of hydrazone groups is 2. The fraction of sp³-hybridized carbons (Fsp3) is 0.167. The van der Waals surface area contributed by atoms with E-state index in [1.807, 2.05) is 42.6 Å². The van der Waals surface area contributed by atoms with Crippen LogP contribution in [0.15, 0.2) is 95.3 Å². The minimum Gasteiger partial charge on any atom is -0.307 e. The summed E-state index contributed by atoms with van der Waals surface area (Å²) in [6, 6.07) is 18.8. The lowest BCUT2D eigenvalue weighted by Crippen LogP contribution is -2.45. The van der Waals surface area contributed by atoms with Gasteiger partial charge in [0.25, 0.3) is 0 Å². The van der Waals surface area contributed by atoms with E-state index in [0.29, 0.717) is 12.5 Å². The lowest BCUT2D eigenvalue weighted by molar-refractivity contribution is 0.399. The van der Waals surface area contributed by atoms with Crippen molar-refractivity contribution < 1.29 is 0 Å². The van der Waals surface area contributed by atoms with Gasteiger partial charge < -0.3 is 10.3 Å². The fourth-order valence-corrected chi connectivity index (χ4v) is 3.89. The highest BCUT2D eigenvalue weighted by molar-refractivity contribution is 5.97.